The highest BCUT2D eigenvalue weighted by atomic mass is 16.2. The number of amides is 2. The minimum Gasteiger partial charge on any atom is -0.342 e. The molecule has 21 heavy (non-hydrogen) atoms. The van der Waals surface area contributed by atoms with Crippen LogP contribution in [0.15, 0.2) is 0 Å². The highest BCUT2D eigenvalue weighted by molar-refractivity contribution is 5.97. The summed E-state index contributed by atoms with van der Waals surface area (Å²) in [5, 5.41) is 3.10. The Morgan fingerprint density at radius 2 is 1.62 bits per heavy atom. The summed E-state index contributed by atoms with van der Waals surface area (Å²) in [7, 11) is 0. The molecule has 2 amide bonds. The normalized spacial score (nSPS) is 35.0. The van der Waals surface area contributed by atoms with E-state index in [1.54, 1.807) is 0 Å². The standard InChI is InChI=1S/C17H26N2O2/c20-16-15(13-8-9-13)19(10-11-6-7-11)17(21)14(18-16)12-4-2-1-3-5-12/h11-15H,1-10H2,(H,18,20). The second kappa shape index (κ2) is 5.29. The number of carbonyl (C=O) groups is 2. The molecule has 0 aromatic rings. The van der Waals surface area contributed by atoms with Crippen molar-refractivity contribution in [3.8, 4) is 0 Å². The van der Waals surface area contributed by atoms with E-state index in [0.29, 0.717) is 17.8 Å². The zero-order valence-corrected chi connectivity index (χ0v) is 12.7. The van der Waals surface area contributed by atoms with Crippen molar-refractivity contribution in [1.82, 2.24) is 10.2 Å². The molecule has 0 radical (unpaired) electrons. The Balaban J connectivity index is 1.53. The minimum atomic E-state index is -0.230. The van der Waals surface area contributed by atoms with Gasteiger partial charge in [0.25, 0.3) is 0 Å². The monoisotopic (exact) mass is 290 g/mol. The van der Waals surface area contributed by atoms with Gasteiger partial charge in [-0.05, 0) is 56.3 Å². The summed E-state index contributed by atoms with van der Waals surface area (Å²) in [5.41, 5.74) is 0. The lowest BCUT2D eigenvalue weighted by Gasteiger charge is -2.42. The Labute approximate surface area is 126 Å². The zero-order valence-electron chi connectivity index (χ0n) is 12.7. The van der Waals surface area contributed by atoms with Crippen molar-refractivity contribution in [2.45, 2.75) is 69.9 Å². The third kappa shape index (κ3) is 2.69. The molecule has 4 heteroatoms. The highest BCUT2D eigenvalue weighted by Crippen LogP contribution is 2.40. The van der Waals surface area contributed by atoms with Crippen LogP contribution in [0, 0.1) is 17.8 Å². The predicted molar refractivity (Wildman–Crippen MR) is 79.5 cm³/mol. The van der Waals surface area contributed by atoms with Gasteiger partial charge in [0.1, 0.15) is 12.1 Å². The van der Waals surface area contributed by atoms with Crippen molar-refractivity contribution in [2.75, 3.05) is 6.54 Å². The van der Waals surface area contributed by atoms with Gasteiger partial charge in [-0.15, -0.1) is 0 Å². The Morgan fingerprint density at radius 1 is 0.905 bits per heavy atom. The maximum absolute atomic E-state index is 13.0. The summed E-state index contributed by atoms with van der Waals surface area (Å²) in [4.78, 5) is 27.5. The molecule has 0 aromatic carbocycles. The molecule has 3 aliphatic carbocycles. The Morgan fingerprint density at radius 3 is 2.24 bits per heavy atom. The van der Waals surface area contributed by atoms with Gasteiger partial charge in [0.15, 0.2) is 0 Å². The molecule has 1 N–H and O–H groups in total. The third-order valence-electron chi connectivity index (χ3n) is 5.79. The van der Waals surface area contributed by atoms with Crippen molar-refractivity contribution in [1.29, 1.82) is 0 Å². The lowest BCUT2D eigenvalue weighted by Crippen LogP contribution is -2.66. The molecular formula is C17H26N2O2. The van der Waals surface area contributed by atoms with Crippen LogP contribution in [0.1, 0.15) is 57.8 Å². The largest absolute Gasteiger partial charge is 0.342 e. The fraction of sp³-hybridized carbons (Fsp3) is 0.882. The highest BCUT2D eigenvalue weighted by Gasteiger charge is 2.50. The number of carbonyl (C=O) groups excluding carboxylic acids is 2. The second-order valence-corrected chi connectivity index (χ2v) is 7.60. The molecule has 2 atom stereocenters. The van der Waals surface area contributed by atoms with Gasteiger partial charge >= 0.3 is 0 Å². The fourth-order valence-electron chi connectivity index (χ4n) is 4.21. The van der Waals surface area contributed by atoms with E-state index in [1.807, 2.05) is 4.90 Å². The summed E-state index contributed by atoms with van der Waals surface area (Å²) >= 11 is 0. The van der Waals surface area contributed by atoms with Crippen LogP contribution in [0.4, 0.5) is 0 Å². The fourth-order valence-corrected chi connectivity index (χ4v) is 4.21. The van der Waals surface area contributed by atoms with E-state index in [0.717, 1.165) is 32.2 Å². The topological polar surface area (TPSA) is 49.4 Å². The first kappa shape index (κ1) is 13.6. The van der Waals surface area contributed by atoms with Gasteiger partial charge in [0, 0.05) is 6.54 Å². The van der Waals surface area contributed by atoms with E-state index < -0.39 is 0 Å². The van der Waals surface area contributed by atoms with Gasteiger partial charge in [-0.2, -0.15) is 0 Å². The molecule has 4 rings (SSSR count). The summed E-state index contributed by atoms with van der Waals surface area (Å²) in [6, 6.07) is -0.385. The van der Waals surface area contributed by atoms with Crippen molar-refractivity contribution in [3.05, 3.63) is 0 Å². The first-order valence-corrected chi connectivity index (χ1v) is 8.85. The maximum atomic E-state index is 13.0. The molecule has 2 unspecified atom stereocenters. The molecule has 0 bridgehead atoms. The number of hydrogen-bond donors (Lipinski definition) is 1. The van der Waals surface area contributed by atoms with Gasteiger partial charge in [-0.25, -0.2) is 0 Å². The van der Waals surface area contributed by atoms with E-state index in [4.69, 9.17) is 0 Å². The number of nitrogens with zero attached hydrogens (tertiary/aromatic N) is 1. The van der Waals surface area contributed by atoms with Crippen LogP contribution in [-0.2, 0) is 9.59 Å². The van der Waals surface area contributed by atoms with E-state index in [-0.39, 0.29) is 23.9 Å². The van der Waals surface area contributed by atoms with Crippen LogP contribution >= 0.6 is 0 Å². The van der Waals surface area contributed by atoms with Crippen LogP contribution in [0.3, 0.4) is 0 Å². The predicted octanol–water partition coefficient (Wildman–Crippen LogP) is 2.08. The number of hydrogen-bond acceptors (Lipinski definition) is 2. The number of rotatable bonds is 4. The average molecular weight is 290 g/mol. The zero-order chi connectivity index (χ0) is 14.4. The van der Waals surface area contributed by atoms with Crippen LogP contribution in [0.5, 0.6) is 0 Å². The molecule has 0 aromatic heterocycles. The molecule has 1 aliphatic heterocycles. The van der Waals surface area contributed by atoms with Crippen LogP contribution in [-0.4, -0.2) is 35.3 Å². The molecule has 1 heterocycles. The smallest absolute Gasteiger partial charge is 0.246 e. The summed E-state index contributed by atoms with van der Waals surface area (Å²) < 4.78 is 0. The molecule has 4 aliphatic rings. The minimum absolute atomic E-state index is 0.133. The molecule has 0 spiro atoms. The Hall–Kier alpha value is -1.06. The van der Waals surface area contributed by atoms with Gasteiger partial charge in [0.2, 0.25) is 11.8 Å². The lowest BCUT2D eigenvalue weighted by molar-refractivity contribution is -0.152. The Kier molecular flexibility index (Phi) is 3.43. The van der Waals surface area contributed by atoms with Crippen molar-refractivity contribution >= 4 is 11.8 Å². The maximum Gasteiger partial charge on any atom is 0.246 e. The second-order valence-electron chi connectivity index (χ2n) is 7.60. The van der Waals surface area contributed by atoms with Crippen LogP contribution in [0.25, 0.3) is 0 Å². The summed E-state index contributed by atoms with van der Waals surface area (Å²) in [6.45, 7) is 0.830. The third-order valence-corrected chi connectivity index (χ3v) is 5.79. The van der Waals surface area contributed by atoms with E-state index in [2.05, 4.69) is 5.32 Å². The average Bonchev–Trinajstić information content (AvgIpc) is 3.37. The molecular weight excluding hydrogens is 264 g/mol. The van der Waals surface area contributed by atoms with Gasteiger partial charge < -0.3 is 10.2 Å². The quantitative estimate of drug-likeness (QED) is 0.862. The van der Waals surface area contributed by atoms with Crippen LogP contribution < -0.4 is 5.32 Å². The number of piperazine rings is 1. The molecule has 4 nitrogen and oxygen atoms in total. The lowest BCUT2D eigenvalue weighted by atomic mass is 9.82. The van der Waals surface area contributed by atoms with E-state index in [1.165, 1.54) is 32.1 Å². The summed E-state index contributed by atoms with van der Waals surface area (Å²) in [5.74, 6) is 1.82. The van der Waals surface area contributed by atoms with Gasteiger partial charge in [0.05, 0.1) is 0 Å². The molecule has 116 valence electrons. The Bertz CT molecular complexity index is 436. The van der Waals surface area contributed by atoms with Gasteiger partial charge in [-0.3, -0.25) is 9.59 Å². The first-order chi connectivity index (χ1) is 10.2. The van der Waals surface area contributed by atoms with Crippen molar-refractivity contribution < 1.29 is 9.59 Å². The summed E-state index contributed by atoms with van der Waals surface area (Å²) in [6.07, 6.45) is 10.6. The molecule has 4 fully saturated rings. The van der Waals surface area contributed by atoms with Crippen LogP contribution in [0.2, 0.25) is 0 Å². The van der Waals surface area contributed by atoms with Gasteiger partial charge in [-0.1, -0.05) is 19.3 Å². The van der Waals surface area contributed by atoms with E-state index >= 15 is 0 Å². The van der Waals surface area contributed by atoms with Crippen molar-refractivity contribution in [3.63, 3.8) is 0 Å². The van der Waals surface area contributed by atoms with Crippen molar-refractivity contribution in [2.24, 2.45) is 17.8 Å². The molecule has 1 saturated heterocycles. The number of nitrogens with one attached hydrogen (secondary N) is 1. The SMILES string of the molecule is O=C1NC(C2CCCCC2)C(=O)N(CC2CC2)C1C1CC1. The first-order valence-electron chi connectivity index (χ1n) is 8.85. The molecule has 3 saturated carbocycles. The van der Waals surface area contributed by atoms with E-state index in [9.17, 15) is 9.59 Å².